The fourth-order valence-corrected chi connectivity index (χ4v) is 2.04. The summed E-state index contributed by atoms with van der Waals surface area (Å²) >= 11 is 0. The van der Waals surface area contributed by atoms with Crippen LogP contribution < -0.4 is 24.8 Å². The van der Waals surface area contributed by atoms with Gasteiger partial charge in [-0.2, -0.15) is 35.4 Å². The molecule has 0 spiro atoms. The van der Waals surface area contributed by atoms with E-state index in [0.29, 0.717) is 0 Å². The molecule has 0 atom stereocenters. The Hall–Kier alpha value is -0.00571. The van der Waals surface area contributed by atoms with E-state index in [1.165, 1.54) is 24.0 Å². The van der Waals surface area contributed by atoms with Gasteiger partial charge in [0.25, 0.3) is 0 Å². The van der Waals surface area contributed by atoms with Crippen LogP contribution in [0.3, 0.4) is 0 Å². The van der Waals surface area contributed by atoms with E-state index in [1.807, 2.05) is 0 Å². The summed E-state index contributed by atoms with van der Waals surface area (Å²) in [6, 6.07) is 17.1. The van der Waals surface area contributed by atoms with Crippen molar-refractivity contribution >= 4 is 0 Å². The fraction of sp³-hybridized carbons (Fsp3) is 0.444. The molecule has 0 fully saturated rings. The van der Waals surface area contributed by atoms with Gasteiger partial charge >= 0.3 is 21.7 Å². The first-order chi connectivity index (χ1) is 8.58. The van der Waals surface area contributed by atoms with Crippen LogP contribution in [0.4, 0.5) is 0 Å². The van der Waals surface area contributed by atoms with E-state index in [0.717, 1.165) is 11.8 Å². The second-order valence-corrected chi connectivity index (χ2v) is 5.78. The van der Waals surface area contributed by atoms with Crippen LogP contribution in [0.2, 0.25) is 0 Å². The molecule has 3 heteroatoms. The summed E-state index contributed by atoms with van der Waals surface area (Å²) in [5.74, 6) is 1.57. The molecule has 116 valence electrons. The second-order valence-electron chi connectivity index (χ2n) is 5.78. The Morgan fingerprint density at radius 3 is 1.05 bits per heavy atom. The minimum atomic E-state index is 0. The van der Waals surface area contributed by atoms with Crippen molar-refractivity contribution < 1.29 is 46.5 Å². The van der Waals surface area contributed by atoms with E-state index in [2.05, 4.69) is 76.2 Å². The van der Waals surface area contributed by atoms with Crippen LogP contribution in [0.25, 0.3) is 0 Å². The van der Waals surface area contributed by atoms with Crippen molar-refractivity contribution in [1.29, 1.82) is 0 Å². The normalized spacial score (nSPS) is 9.05. The monoisotopic (exact) mass is 360 g/mol. The standard InChI is InChI=1S/2C9H13.2ClH.Ti/c2*1-8(2)7-9-5-3-4-6-9;;;/h2*3-6,8H,7H2,1-2H3;2*1H;/q2*-1;;;+4/p-2. The minimum Gasteiger partial charge on any atom is -1.00 e. The molecule has 0 nitrogen and oxygen atoms in total. The maximum atomic E-state index is 2.24. The average Bonchev–Trinajstić information content (AvgIpc) is 2.90. The van der Waals surface area contributed by atoms with E-state index >= 15 is 0 Å². The molecule has 0 bridgehead atoms. The predicted molar refractivity (Wildman–Crippen MR) is 81.2 cm³/mol. The largest absolute Gasteiger partial charge is 4.00 e. The number of hydrogen-bond donors (Lipinski definition) is 0. The van der Waals surface area contributed by atoms with Gasteiger partial charge in [-0.25, -0.2) is 24.3 Å². The molecule has 0 saturated heterocycles. The molecule has 0 amide bonds. The van der Waals surface area contributed by atoms with Gasteiger partial charge in [0.2, 0.25) is 0 Å². The van der Waals surface area contributed by atoms with Gasteiger partial charge in [0.05, 0.1) is 0 Å². The van der Waals surface area contributed by atoms with Crippen LogP contribution in [0, 0.1) is 11.8 Å². The molecule has 0 aliphatic carbocycles. The number of rotatable bonds is 4. The Kier molecular flexibility index (Phi) is 18.4. The Balaban J connectivity index is -0.000000270. The quantitative estimate of drug-likeness (QED) is 0.495. The molecular weight excluding hydrogens is 335 g/mol. The SMILES string of the molecule is CC(C)C[c-]1cccc1.CC(C)C[c-]1cccc1.[Cl-].[Cl-].[Ti+4]. The molecule has 0 aromatic heterocycles. The summed E-state index contributed by atoms with van der Waals surface area (Å²) in [5, 5.41) is 0. The molecule has 0 radical (unpaired) electrons. The molecule has 0 saturated carbocycles. The van der Waals surface area contributed by atoms with Crippen molar-refractivity contribution in [3.8, 4) is 0 Å². The van der Waals surface area contributed by atoms with E-state index in [4.69, 9.17) is 0 Å². The molecule has 0 unspecified atom stereocenters. The summed E-state index contributed by atoms with van der Waals surface area (Å²) in [6.45, 7) is 8.97. The van der Waals surface area contributed by atoms with E-state index in [1.54, 1.807) is 0 Å². The van der Waals surface area contributed by atoms with Crippen LogP contribution in [-0.2, 0) is 34.6 Å². The van der Waals surface area contributed by atoms with Gasteiger partial charge in [-0.1, -0.05) is 52.4 Å². The molecular formula is C18H26Cl2Ti. The first-order valence-corrected chi connectivity index (χ1v) is 6.99. The van der Waals surface area contributed by atoms with Crippen LogP contribution in [0.5, 0.6) is 0 Å². The average molecular weight is 361 g/mol. The van der Waals surface area contributed by atoms with Crippen LogP contribution in [0.15, 0.2) is 48.5 Å². The molecule has 21 heavy (non-hydrogen) atoms. The maximum Gasteiger partial charge on any atom is 4.00 e. The van der Waals surface area contributed by atoms with Crippen molar-refractivity contribution in [3.05, 3.63) is 59.7 Å². The maximum absolute atomic E-state index is 2.24. The topological polar surface area (TPSA) is 0 Å². The van der Waals surface area contributed by atoms with E-state index < -0.39 is 0 Å². The van der Waals surface area contributed by atoms with Gasteiger partial charge in [0, 0.05) is 0 Å². The first kappa shape index (κ1) is 25.9. The summed E-state index contributed by atoms with van der Waals surface area (Å²) in [7, 11) is 0. The summed E-state index contributed by atoms with van der Waals surface area (Å²) in [5.41, 5.74) is 2.93. The Labute approximate surface area is 158 Å². The molecule has 0 aliphatic heterocycles. The third kappa shape index (κ3) is 13.4. The van der Waals surface area contributed by atoms with Crippen molar-refractivity contribution in [2.75, 3.05) is 0 Å². The zero-order valence-electron chi connectivity index (χ0n) is 13.4. The molecule has 2 aromatic carbocycles. The van der Waals surface area contributed by atoms with Crippen LogP contribution in [-0.4, -0.2) is 0 Å². The zero-order valence-corrected chi connectivity index (χ0v) is 16.5. The number of hydrogen-bond acceptors (Lipinski definition) is 0. The van der Waals surface area contributed by atoms with Gasteiger partial charge in [-0.3, -0.25) is 0 Å². The van der Waals surface area contributed by atoms with Crippen molar-refractivity contribution in [3.63, 3.8) is 0 Å². The second kappa shape index (κ2) is 14.9. The fourth-order valence-electron chi connectivity index (χ4n) is 2.04. The van der Waals surface area contributed by atoms with E-state index in [-0.39, 0.29) is 46.5 Å². The van der Waals surface area contributed by atoms with Crippen LogP contribution >= 0.6 is 0 Å². The van der Waals surface area contributed by atoms with Crippen molar-refractivity contribution in [1.82, 2.24) is 0 Å². The molecule has 2 aromatic rings. The van der Waals surface area contributed by atoms with Gasteiger partial charge in [-0.15, -0.1) is 0 Å². The smallest absolute Gasteiger partial charge is 1.00 e. The molecule has 2 rings (SSSR count). The van der Waals surface area contributed by atoms with Gasteiger partial charge in [0.1, 0.15) is 0 Å². The third-order valence-corrected chi connectivity index (χ3v) is 2.75. The summed E-state index contributed by atoms with van der Waals surface area (Å²) < 4.78 is 0. The molecule has 0 aliphatic rings. The van der Waals surface area contributed by atoms with Crippen molar-refractivity contribution in [2.24, 2.45) is 11.8 Å². The van der Waals surface area contributed by atoms with Gasteiger partial charge < -0.3 is 24.8 Å². The Morgan fingerprint density at radius 2 is 0.857 bits per heavy atom. The molecule has 0 heterocycles. The zero-order chi connectivity index (χ0) is 13.4. The predicted octanol–water partition coefficient (Wildman–Crippen LogP) is -0.786. The Bertz CT molecular complexity index is 349. The number of halogens is 2. The third-order valence-electron chi connectivity index (χ3n) is 2.75. The summed E-state index contributed by atoms with van der Waals surface area (Å²) in [4.78, 5) is 0. The van der Waals surface area contributed by atoms with Crippen molar-refractivity contribution in [2.45, 2.75) is 40.5 Å². The Morgan fingerprint density at radius 1 is 0.619 bits per heavy atom. The first-order valence-electron chi connectivity index (χ1n) is 6.99. The van der Waals surface area contributed by atoms with E-state index in [9.17, 15) is 0 Å². The summed E-state index contributed by atoms with van der Waals surface area (Å²) in [6.07, 6.45) is 2.43. The van der Waals surface area contributed by atoms with Crippen LogP contribution in [0.1, 0.15) is 38.8 Å². The van der Waals surface area contributed by atoms with Gasteiger partial charge in [-0.05, 0) is 0 Å². The minimum absolute atomic E-state index is 0. The van der Waals surface area contributed by atoms with Gasteiger partial charge in [0.15, 0.2) is 0 Å². The molecule has 0 N–H and O–H groups in total.